The van der Waals surface area contributed by atoms with Gasteiger partial charge in [-0.1, -0.05) is 19.8 Å². The molecule has 1 saturated carbocycles. The normalized spacial score (nSPS) is 36.8. The SMILES string of the molecule is CC1CCCN(CC2CCCCCC2=O)C1C. The molecule has 1 saturated heterocycles. The van der Waals surface area contributed by atoms with Gasteiger partial charge in [-0.25, -0.2) is 0 Å². The zero-order valence-electron chi connectivity index (χ0n) is 11.5. The number of hydrogen-bond acceptors (Lipinski definition) is 2. The van der Waals surface area contributed by atoms with E-state index in [2.05, 4.69) is 18.7 Å². The Balaban J connectivity index is 1.91. The zero-order chi connectivity index (χ0) is 12.3. The molecule has 1 heterocycles. The number of rotatable bonds is 2. The minimum atomic E-state index is 0.338. The van der Waals surface area contributed by atoms with Crippen molar-refractivity contribution in [2.45, 2.75) is 64.8 Å². The van der Waals surface area contributed by atoms with Gasteiger partial charge in [0.15, 0.2) is 0 Å². The maximum Gasteiger partial charge on any atom is 0.137 e. The molecular formula is C15H27NO. The van der Waals surface area contributed by atoms with Crippen molar-refractivity contribution in [1.29, 1.82) is 0 Å². The molecule has 3 atom stereocenters. The fourth-order valence-electron chi connectivity index (χ4n) is 3.39. The Labute approximate surface area is 106 Å². The fourth-order valence-corrected chi connectivity index (χ4v) is 3.39. The Hall–Kier alpha value is -0.370. The number of nitrogens with zero attached hydrogens (tertiary/aromatic N) is 1. The second-order valence-electron chi connectivity index (χ2n) is 6.12. The summed E-state index contributed by atoms with van der Waals surface area (Å²) in [6.07, 6.45) is 8.28. The molecule has 17 heavy (non-hydrogen) atoms. The zero-order valence-corrected chi connectivity index (χ0v) is 11.5. The highest BCUT2D eigenvalue weighted by atomic mass is 16.1. The van der Waals surface area contributed by atoms with Crippen LogP contribution < -0.4 is 0 Å². The molecular weight excluding hydrogens is 210 g/mol. The minimum Gasteiger partial charge on any atom is -0.300 e. The fraction of sp³-hybridized carbons (Fsp3) is 0.933. The Bertz CT molecular complexity index is 264. The molecule has 2 nitrogen and oxygen atoms in total. The van der Waals surface area contributed by atoms with Crippen LogP contribution in [0, 0.1) is 11.8 Å². The maximum absolute atomic E-state index is 12.0. The lowest BCUT2D eigenvalue weighted by Crippen LogP contribution is -2.45. The van der Waals surface area contributed by atoms with E-state index in [0.29, 0.717) is 17.7 Å². The number of hydrogen-bond donors (Lipinski definition) is 0. The van der Waals surface area contributed by atoms with E-state index < -0.39 is 0 Å². The molecule has 0 aromatic rings. The van der Waals surface area contributed by atoms with Crippen LogP contribution in [-0.2, 0) is 4.79 Å². The van der Waals surface area contributed by atoms with Gasteiger partial charge in [0.25, 0.3) is 0 Å². The van der Waals surface area contributed by atoms with Crippen LogP contribution in [0.2, 0.25) is 0 Å². The molecule has 3 unspecified atom stereocenters. The van der Waals surface area contributed by atoms with Crippen molar-refractivity contribution < 1.29 is 4.79 Å². The third kappa shape index (κ3) is 3.31. The van der Waals surface area contributed by atoms with Crippen LogP contribution in [0.25, 0.3) is 0 Å². The van der Waals surface area contributed by atoms with E-state index in [0.717, 1.165) is 31.7 Å². The molecule has 2 rings (SSSR count). The Morgan fingerprint density at radius 3 is 2.76 bits per heavy atom. The van der Waals surface area contributed by atoms with Gasteiger partial charge in [-0.05, 0) is 45.1 Å². The van der Waals surface area contributed by atoms with Crippen molar-refractivity contribution in [2.24, 2.45) is 11.8 Å². The summed E-state index contributed by atoms with van der Waals surface area (Å²) in [7, 11) is 0. The van der Waals surface area contributed by atoms with E-state index in [1.54, 1.807) is 0 Å². The van der Waals surface area contributed by atoms with Gasteiger partial charge >= 0.3 is 0 Å². The Morgan fingerprint density at radius 1 is 1.12 bits per heavy atom. The van der Waals surface area contributed by atoms with Gasteiger partial charge in [0.05, 0.1) is 0 Å². The number of carbonyl (C=O) groups is 1. The van der Waals surface area contributed by atoms with Crippen molar-refractivity contribution in [3.8, 4) is 0 Å². The summed E-state index contributed by atoms with van der Waals surface area (Å²) in [4.78, 5) is 14.6. The van der Waals surface area contributed by atoms with Crippen molar-refractivity contribution in [2.75, 3.05) is 13.1 Å². The van der Waals surface area contributed by atoms with E-state index in [1.165, 1.54) is 32.2 Å². The summed E-state index contributed by atoms with van der Waals surface area (Å²) in [5.41, 5.74) is 0. The second-order valence-corrected chi connectivity index (χ2v) is 6.12. The van der Waals surface area contributed by atoms with E-state index in [4.69, 9.17) is 0 Å². The van der Waals surface area contributed by atoms with Crippen LogP contribution in [0.1, 0.15) is 58.8 Å². The molecule has 0 bridgehead atoms. The Morgan fingerprint density at radius 2 is 1.94 bits per heavy atom. The number of likely N-dealkylation sites (tertiary alicyclic amines) is 1. The number of ketones is 1. The molecule has 0 aromatic heterocycles. The first-order valence-electron chi connectivity index (χ1n) is 7.45. The monoisotopic (exact) mass is 237 g/mol. The summed E-state index contributed by atoms with van der Waals surface area (Å²) >= 11 is 0. The number of piperidine rings is 1. The molecule has 0 spiro atoms. The predicted molar refractivity (Wildman–Crippen MR) is 71.0 cm³/mol. The van der Waals surface area contributed by atoms with Gasteiger partial charge in [-0.2, -0.15) is 0 Å². The van der Waals surface area contributed by atoms with Crippen LogP contribution >= 0.6 is 0 Å². The first-order valence-corrected chi connectivity index (χ1v) is 7.45. The highest BCUT2D eigenvalue weighted by Gasteiger charge is 2.29. The van der Waals surface area contributed by atoms with Crippen molar-refractivity contribution in [3.05, 3.63) is 0 Å². The Kier molecular flexibility index (Phi) is 4.61. The van der Waals surface area contributed by atoms with E-state index in [-0.39, 0.29) is 0 Å². The lowest BCUT2D eigenvalue weighted by molar-refractivity contribution is -0.123. The molecule has 2 heteroatoms. The van der Waals surface area contributed by atoms with Crippen LogP contribution in [0.3, 0.4) is 0 Å². The smallest absolute Gasteiger partial charge is 0.137 e. The first-order chi connectivity index (χ1) is 8.18. The van der Waals surface area contributed by atoms with E-state index in [1.807, 2.05) is 0 Å². The summed E-state index contributed by atoms with van der Waals surface area (Å²) < 4.78 is 0. The van der Waals surface area contributed by atoms with Gasteiger partial charge in [0.2, 0.25) is 0 Å². The highest BCUT2D eigenvalue weighted by molar-refractivity contribution is 5.81. The molecule has 0 N–H and O–H groups in total. The quantitative estimate of drug-likeness (QED) is 0.687. The second kappa shape index (κ2) is 5.99. The minimum absolute atomic E-state index is 0.338. The lowest BCUT2D eigenvalue weighted by Gasteiger charge is -2.39. The standard InChI is InChI=1S/C15H27NO/c1-12-7-6-10-16(13(12)2)11-14-8-4-3-5-9-15(14)17/h12-14H,3-11H2,1-2H3. The van der Waals surface area contributed by atoms with E-state index >= 15 is 0 Å². The molecule has 0 aromatic carbocycles. The molecule has 0 amide bonds. The van der Waals surface area contributed by atoms with Crippen LogP contribution in [-0.4, -0.2) is 29.8 Å². The van der Waals surface area contributed by atoms with Gasteiger partial charge < -0.3 is 0 Å². The molecule has 98 valence electrons. The maximum atomic E-state index is 12.0. The third-order valence-electron chi connectivity index (χ3n) is 4.89. The predicted octanol–water partition coefficient (Wildman–Crippen LogP) is 3.26. The molecule has 2 fully saturated rings. The van der Waals surface area contributed by atoms with Crippen molar-refractivity contribution >= 4 is 5.78 Å². The summed E-state index contributed by atoms with van der Waals surface area (Å²) in [5.74, 6) is 1.67. The average molecular weight is 237 g/mol. The van der Waals surface area contributed by atoms with Crippen molar-refractivity contribution in [3.63, 3.8) is 0 Å². The number of Topliss-reactive ketones (excluding diaryl/α,β-unsaturated/α-hetero) is 1. The van der Waals surface area contributed by atoms with Gasteiger partial charge in [0, 0.05) is 24.9 Å². The van der Waals surface area contributed by atoms with Gasteiger partial charge in [-0.3, -0.25) is 9.69 Å². The number of carbonyl (C=O) groups excluding carboxylic acids is 1. The lowest BCUT2D eigenvalue weighted by atomic mass is 9.89. The van der Waals surface area contributed by atoms with Crippen LogP contribution in [0.4, 0.5) is 0 Å². The first kappa shape index (κ1) is 13.1. The van der Waals surface area contributed by atoms with Gasteiger partial charge in [-0.15, -0.1) is 0 Å². The third-order valence-corrected chi connectivity index (χ3v) is 4.89. The summed E-state index contributed by atoms with van der Waals surface area (Å²) in [6, 6.07) is 0.666. The van der Waals surface area contributed by atoms with E-state index in [9.17, 15) is 4.79 Å². The van der Waals surface area contributed by atoms with Gasteiger partial charge in [0.1, 0.15) is 5.78 Å². The molecule has 1 aliphatic carbocycles. The molecule has 1 aliphatic heterocycles. The van der Waals surface area contributed by atoms with Crippen LogP contribution in [0.15, 0.2) is 0 Å². The van der Waals surface area contributed by atoms with Crippen molar-refractivity contribution in [1.82, 2.24) is 4.90 Å². The average Bonchev–Trinajstić information content (AvgIpc) is 2.51. The topological polar surface area (TPSA) is 20.3 Å². The summed E-state index contributed by atoms with van der Waals surface area (Å²) in [5, 5.41) is 0. The molecule has 2 aliphatic rings. The highest BCUT2D eigenvalue weighted by Crippen LogP contribution is 2.27. The molecule has 0 radical (unpaired) electrons. The largest absolute Gasteiger partial charge is 0.300 e. The van der Waals surface area contributed by atoms with Crippen LogP contribution in [0.5, 0.6) is 0 Å². The summed E-state index contributed by atoms with van der Waals surface area (Å²) in [6.45, 7) is 6.93.